The fourth-order valence-electron chi connectivity index (χ4n) is 4.61. The number of hydrogen-bond acceptors (Lipinski definition) is 3. The zero-order valence-corrected chi connectivity index (χ0v) is 19.2. The van der Waals surface area contributed by atoms with Gasteiger partial charge in [-0.2, -0.15) is 0 Å². The van der Waals surface area contributed by atoms with Gasteiger partial charge in [-0.1, -0.05) is 31.5 Å². The summed E-state index contributed by atoms with van der Waals surface area (Å²) in [7, 11) is 0. The van der Waals surface area contributed by atoms with Crippen LogP contribution in [0, 0.1) is 18.8 Å². The molecule has 0 bridgehead atoms. The van der Waals surface area contributed by atoms with Crippen molar-refractivity contribution in [2.45, 2.75) is 65.3 Å². The number of likely N-dealkylation sites (tertiary alicyclic amines) is 2. The molecule has 0 aromatic heterocycles. The van der Waals surface area contributed by atoms with E-state index in [-0.39, 0.29) is 29.6 Å². The van der Waals surface area contributed by atoms with Crippen LogP contribution in [0.5, 0.6) is 0 Å². The zero-order valence-electron chi connectivity index (χ0n) is 19.2. The van der Waals surface area contributed by atoms with E-state index >= 15 is 0 Å². The first-order valence-corrected chi connectivity index (χ1v) is 11.8. The van der Waals surface area contributed by atoms with Crippen LogP contribution >= 0.6 is 0 Å². The summed E-state index contributed by atoms with van der Waals surface area (Å²) in [5, 5.41) is 3.06. The monoisotopic (exact) mass is 427 g/mol. The second-order valence-corrected chi connectivity index (χ2v) is 9.52. The number of benzene rings is 1. The molecule has 0 aliphatic carbocycles. The number of nitrogens with one attached hydrogen (secondary N) is 1. The van der Waals surface area contributed by atoms with Crippen LogP contribution in [0.15, 0.2) is 24.3 Å². The van der Waals surface area contributed by atoms with E-state index < -0.39 is 6.04 Å². The summed E-state index contributed by atoms with van der Waals surface area (Å²) < 4.78 is 0. The molecule has 31 heavy (non-hydrogen) atoms. The molecule has 0 unspecified atom stereocenters. The molecule has 6 heteroatoms. The minimum absolute atomic E-state index is 0.0428. The lowest BCUT2D eigenvalue weighted by atomic mass is 9.87. The number of amides is 3. The van der Waals surface area contributed by atoms with Crippen molar-refractivity contribution in [2.24, 2.45) is 11.8 Å². The van der Waals surface area contributed by atoms with E-state index in [0.29, 0.717) is 25.1 Å². The minimum atomic E-state index is -0.485. The molecule has 1 N–H and O–H groups in total. The van der Waals surface area contributed by atoms with Crippen molar-refractivity contribution in [1.29, 1.82) is 0 Å². The average Bonchev–Trinajstić information content (AvgIpc) is 2.77. The summed E-state index contributed by atoms with van der Waals surface area (Å²) in [6.45, 7) is 8.81. The Balaban J connectivity index is 1.65. The molecule has 3 amide bonds. The number of piperidine rings is 2. The molecule has 0 spiro atoms. The van der Waals surface area contributed by atoms with Crippen LogP contribution in [0.1, 0.15) is 68.3 Å². The summed E-state index contributed by atoms with van der Waals surface area (Å²) in [4.78, 5) is 42.5. The van der Waals surface area contributed by atoms with Crippen molar-refractivity contribution in [2.75, 3.05) is 26.2 Å². The van der Waals surface area contributed by atoms with Crippen molar-refractivity contribution in [3.8, 4) is 0 Å². The topological polar surface area (TPSA) is 69.7 Å². The lowest BCUT2D eigenvalue weighted by Gasteiger charge is -2.38. The number of carbonyl (C=O) groups excluding carboxylic acids is 3. The highest BCUT2D eigenvalue weighted by atomic mass is 16.2. The normalized spacial score (nSPS) is 18.7. The van der Waals surface area contributed by atoms with Crippen LogP contribution in [-0.2, 0) is 9.59 Å². The molecule has 0 saturated carbocycles. The second-order valence-electron chi connectivity index (χ2n) is 9.52. The third kappa shape index (κ3) is 6.31. The Kier molecular flexibility index (Phi) is 8.10. The molecule has 2 fully saturated rings. The van der Waals surface area contributed by atoms with Crippen LogP contribution in [0.25, 0.3) is 0 Å². The molecule has 6 nitrogen and oxygen atoms in total. The van der Waals surface area contributed by atoms with Crippen molar-refractivity contribution < 1.29 is 14.4 Å². The summed E-state index contributed by atoms with van der Waals surface area (Å²) in [5.74, 6) is 0.358. The zero-order chi connectivity index (χ0) is 22.4. The summed E-state index contributed by atoms with van der Waals surface area (Å²) >= 11 is 0. The first kappa shape index (κ1) is 23.3. The number of aryl methyl sites for hydroxylation is 1. The summed E-state index contributed by atoms with van der Waals surface area (Å²) in [6, 6.07) is 7.17. The van der Waals surface area contributed by atoms with Crippen molar-refractivity contribution in [3.05, 3.63) is 35.4 Å². The third-order valence-electron chi connectivity index (χ3n) is 6.44. The van der Waals surface area contributed by atoms with Gasteiger partial charge in [-0.3, -0.25) is 14.4 Å². The molecule has 1 aromatic rings. The van der Waals surface area contributed by atoms with Crippen molar-refractivity contribution in [1.82, 2.24) is 15.1 Å². The van der Waals surface area contributed by atoms with Gasteiger partial charge in [-0.15, -0.1) is 0 Å². The first-order chi connectivity index (χ1) is 14.8. The average molecular weight is 428 g/mol. The Morgan fingerprint density at radius 2 is 1.55 bits per heavy atom. The number of nitrogens with zero attached hydrogens (tertiary/aromatic N) is 2. The van der Waals surface area contributed by atoms with Crippen molar-refractivity contribution in [3.63, 3.8) is 0 Å². The van der Waals surface area contributed by atoms with Gasteiger partial charge >= 0.3 is 0 Å². The molecule has 2 aliphatic heterocycles. The molecule has 3 rings (SSSR count). The molecule has 1 aromatic carbocycles. The van der Waals surface area contributed by atoms with Crippen LogP contribution in [0.2, 0.25) is 0 Å². The molecule has 2 aliphatic rings. The number of hydrogen-bond donors (Lipinski definition) is 1. The van der Waals surface area contributed by atoms with Gasteiger partial charge in [-0.25, -0.2) is 0 Å². The van der Waals surface area contributed by atoms with Crippen LogP contribution in [0.4, 0.5) is 0 Å². The maximum absolute atomic E-state index is 13.3. The number of rotatable bonds is 6. The predicted molar refractivity (Wildman–Crippen MR) is 122 cm³/mol. The Morgan fingerprint density at radius 1 is 0.935 bits per heavy atom. The Hall–Kier alpha value is -2.37. The Labute approximate surface area is 186 Å². The van der Waals surface area contributed by atoms with Crippen LogP contribution in [-0.4, -0.2) is 59.7 Å². The lowest BCUT2D eigenvalue weighted by molar-refractivity contribution is -0.139. The van der Waals surface area contributed by atoms with E-state index in [2.05, 4.69) is 5.32 Å². The highest BCUT2D eigenvalue weighted by molar-refractivity contribution is 5.94. The van der Waals surface area contributed by atoms with E-state index in [1.807, 2.05) is 54.8 Å². The lowest BCUT2D eigenvalue weighted by Crippen LogP contribution is -2.55. The molecule has 0 radical (unpaired) electrons. The van der Waals surface area contributed by atoms with Gasteiger partial charge in [0.25, 0.3) is 5.91 Å². The Morgan fingerprint density at radius 3 is 2.13 bits per heavy atom. The smallest absolute Gasteiger partial charge is 0.253 e. The molecule has 2 saturated heterocycles. The quantitative estimate of drug-likeness (QED) is 0.757. The van der Waals surface area contributed by atoms with Gasteiger partial charge in [0.05, 0.1) is 0 Å². The number of carbonyl (C=O) groups is 3. The van der Waals surface area contributed by atoms with E-state index in [9.17, 15) is 14.4 Å². The fourth-order valence-corrected chi connectivity index (χ4v) is 4.61. The standard InChI is InChI=1S/C25H37N3O3/c1-18(2)17-22(29)26-23(25(31)27-13-5-4-6-14-27)20-11-15-28(16-12-20)24(30)21-9-7-19(3)8-10-21/h7-10,18,20,23H,4-6,11-17H2,1-3H3,(H,26,29)/t23-/m0/s1. The Bertz CT molecular complexity index is 761. The molecule has 170 valence electrons. The molecule has 1 atom stereocenters. The molecule has 2 heterocycles. The van der Waals surface area contributed by atoms with Gasteiger partial charge < -0.3 is 15.1 Å². The second kappa shape index (κ2) is 10.8. The summed E-state index contributed by atoms with van der Waals surface area (Å²) in [5.41, 5.74) is 1.83. The first-order valence-electron chi connectivity index (χ1n) is 11.8. The molecular weight excluding hydrogens is 390 g/mol. The highest BCUT2D eigenvalue weighted by Gasteiger charge is 2.36. The van der Waals surface area contributed by atoms with Crippen LogP contribution < -0.4 is 5.32 Å². The summed E-state index contributed by atoms with van der Waals surface area (Å²) in [6.07, 6.45) is 5.10. The van der Waals surface area contributed by atoms with Gasteiger partial charge in [0, 0.05) is 38.2 Å². The minimum Gasteiger partial charge on any atom is -0.344 e. The van der Waals surface area contributed by atoms with E-state index in [4.69, 9.17) is 0 Å². The largest absolute Gasteiger partial charge is 0.344 e. The molecular formula is C25H37N3O3. The van der Waals surface area contributed by atoms with E-state index in [1.165, 1.54) is 0 Å². The highest BCUT2D eigenvalue weighted by Crippen LogP contribution is 2.25. The van der Waals surface area contributed by atoms with Gasteiger partial charge in [0.1, 0.15) is 6.04 Å². The van der Waals surface area contributed by atoms with Gasteiger partial charge in [0.15, 0.2) is 0 Å². The maximum atomic E-state index is 13.3. The van der Waals surface area contributed by atoms with Crippen molar-refractivity contribution >= 4 is 17.7 Å². The van der Waals surface area contributed by atoms with Gasteiger partial charge in [0.2, 0.25) is 11.8 Å². The third-order valence-corrected chi connectivity index (χ3v) is 6.44. The maximum Gasteiger partial charge on any atom is 0.253 e. The predicted octanol–water partition coefficient (Wildman–Crippen LogP) is 3.39. The van der Waals surface area contributed by atoms with Crippen LogP contribution in [0.3, 0.4) is 0 Å². The van der Waals surface area contributed by atoms with E-state index in [0.717, 1.165) is 50.8 Å². The van der Waals surface area contributed by atoms with Gasteiger partial charge in [-0.05, 0) is 63.0 Å². The van der Waals surface area contributed by atoms with E-state index in [1.54, 1.807) is 0 Å². The SMILES string of the molecule is Cc1ccc(C(=O)N2CCC([C@H](NC(=O)CC(C)C)C(=O)N3CCCCC3)CC2)cc1. The fraction of sp³-hybridized carbons (Fsp3) is 0.640.